The van der Waals surface area contributed by atoms with Crippen LogP contribution in [-0.2, 0) is 9.47 Å². The predicted molar refractivity (Wildman–Crippen MR) is 39.4 cm³/mol. The minimum absolute atomic E-state index is 0.0758. The van der Waals surface area contributed by atoms with Crippen molar-refractivity contribution in [2.75, 3.05) is 19.8 Å². The van der Waals surface area contributed by atoms with Crippen LogP contribution in [0.1, 0.15) is 0 Å². The van der Waals surface area contributed by atoms with E-state index < -0.39 is 6.16 Å². The molecule has 0 aliphatic rings. The molecule has 0 heterocycles. The van der Waals surface area contributed by atoms with Gasteiger partial charge in [-0.25, -0.2) is 4.79 Å². The average molecular weight is 181 g/mol. The van der Waals surface area contributed by atoms with Crippen molar-refractivity contribution in [3.05, 3.63) is 11.6 Å². The molecule has 0 aromatic heterocycles. The van der Waals surface area contributed by atoms with E-state index in [4.69, 9.17) is 16.7 Å². The first-order valence-electron chi connectivity index (χ1n) is 2.90. The average Bonchev–Trinajstić information content (AvgIpc) is 1.97. The van der Waals surface area contributed by atoms with Crippen LogP contribution in [0.2, 0.25) is 0 Å². The summed E-state index contributed by atoms with van der Waals surface area (Å²) < 4.78 is 8.73. The summed E-state index contributed by atoms with van der Waals surface area (Å²) in [6.07, 6.45) is -0.860. The molecule has 11 heavy (non-hydrogen) atoms. The topological polar surface area (TPSA) is 55.8 Å². The third kappa shape index (κ3) is 7.15. The van der Waals surface area contributed by atoms with Gasteiger partial charge in [0.1, 0.15) is 13.2 Å². The zero-order valence-corrected chi connectivity index (χ0v) is 6.63. The maximum atomic E-state index is 10.5. The Labute approximate surface area is 69.4 Å². The molecule has 0 unspecified atom stereocenters. The summed E-state index contributed by atoms with van der Waals surface area (Å²) in [6, 6.07) is 0. The highest BCUT2D eigenvalue weighted by atomic mass is 35.5. The van der Waals surface area contributed by atoms with Crippen molar-refractivity contribution in [1.29, 1.82) is 0 Å². The van der Waals surface area contributed by atoms with Crippen molar-refractivity contribution in [2.45, 2.75) is 0 Å². The number of carbonyl (C=O) groups excluding carboxylic acids is 1. The molecule has 0 amide bonds. The number of rotatable bonds is 4. The second-order valence-corrected chi connectivity index (χ2v) is 2.16. The molecule has 1 N–H and O–H groups in total. The summed E-state index contributed by atoms with van der Waals surface area (Å²) in [5.74, 6) is 0. The second kappa shape index (κ2) is 6.00. The van der Waals surface area contributed by atoms with Crippen molar-refractivity contribution >= 4 is 17.8 Å². The fourth-order valence-corrected chi connectivity index (χ4v) is 0.362. The van der Waals surface area contributed by atoms with Crippen molar-refractivity contribution in [3.63, 3.8) is 0 Å². The second-order valence-electron chi connectivity index (χ2n) is 1.63. The van der Waals surface area contributed by atoms with Crippen LogP contribution in [0.5, 0.6) is 0 Å². The normalized spacial score (nSPS) is 8.91. The molecule has 0 radical (unpaired) electrons. The molecule has 0 rings (SSSR count). The van der Waals surface area contributed by atoms with Gasteiger partial charge in [0.2, 0.25) is 0 Å². The van der Waals surface area contributed by atoms with E-state index in [1.165, 1.54) is 0 Å². The maximum absolute atomic E-state index is 10.5. The van der Waals surface area contributed by atoms with E-state index in [1.54, 1.807) is 0 Å². The molecule has 0 saturated heterocycles. The van der Waals surface area contributed by atoms with Gasteiger partial charge in [0, 0.05) is 5.03 Å². The van der Waals surface area contributed by atoms with Crippen LogP contribution < -0.4 is 0 Å². The van der Waals surface area contributed by atoms with Crippen LogP contribution in [-0.4, -0.2) is 31.1 Å². The van der Waals surface area contributed by atoms with Crippen molar-refractivity contribution in [1.82, 2.24) is 0 Å². The standard InChI is InChI=1S/C6H9ClO4/c1-5(7)4-11-6(9)10-3-2-8/h8H,1-4H2. The third-order valence-electron chi connectivity index (χ3n) is 0.658. The summed E-state index contributed by atoms with van der Waals surface area (Å²) in [6.45, 7) is 2.91. The molecule has 0 aliphatic heterocycles. The molecule has 64 valence electrons. The Kier molecular flexibility index (Phi) is 5.60. The first kappa shape index (κ1) is 10.3. The smallest absolute Gasteiger partial charge is 0.432 e. The van der Waals surface area contributed by atoms with Crippen LogP contribution in [0, 0.1) is 0 Å². The van der Waals surface area contributed by atoms with E-state index in [0.29, 0.717) is 0 Å². The Hall–Kier alpha value is -0.740. The van der Waals surface area contributed by atoms with E-state index >= 15 is 0 Å². The van der Waals surface area contributed by atoms with E-state index in [9.17, 15) is 4.79 Å². The molecule has 0 fully saturated rings. The molecule has 5 heteroatoms. The van der Waals surface area contributed by atoms with E-state index in [1.807, 2.05) is 0 Å². The van der Waals surface area contributed by atoms with Gasteiger partial charge in [0.05, 0.1) is 6.61 Å². The largest absolute Gasteiger partial charge is 0.508 e. The lowest BCUT2D eigenvalue weighted by Crippen LogP contribution is -2.10. The first-order valence-corrected chi connectivity index (χ1v) is 3.28. The summed E-state index contributed by atoms with van der Waals surface area (Å²) in [7, 11) is 0. The van der Waals surface area contributed by atoms with Crippen LogP contribution in [0.3, 0.4) is 0 Å². The Morgan fingerprint density at radius 2 is 2.18 bits per heavy atom. The van der Waals surface area contributed by atoms with Crippen LogP contribution >= 0.6 is 11.6 Å². The molecule has 0 saturated carbocycles. The minimum Gasteiger partial charge on any atom is -0.432 e. The summed E-state index contributed by atoms with van der Waals surface area (Å²) in [5, 5.41) is 8.43. The molecule has 0 bridgehead atoms. The number of aliphatic hydroxyl groups is 1. The van der Waals surface area contributed by atoms with Gasteiger partial charge in [-0.2, -0.15) is 0 Å². The van der Waals surface area contributed by atoms with E-state index in [0.717, 1.165) is 0 Å². The highest BCUT2D eigenvalue weighted by Crippen LogP contribution is 1.97. The molecular weight excluding hydrogens is 172 g/mol. The summed E-state index contributed by atoms with van der Waals surface area (Å²) in [4.78, 5) is 10.5. The van der Waals surface area contributed by atoms with Gasteiger partial charge in [-0.15, -0.1) is 0 Å². The first-order chi connectivity index (χ1) is 5.16. The van der Waals surface area contributed by atoms with Gasteiger partial charge < -0.3 is 14.6 Å². The molecular formula is C6H9ClO4. The summed E-state index contributed by atoms with van der Waals surface area (Å²) in [5.41, 5.74) is 0. The maximum Gasteiger partial charge on any atom is 0.508 e. The molecule has 0 atom stereocenters. The number of hydrogen-bond acceptors (Lipinski definition) is 4. The quantitative estimate of drug-likeness (QED) is 0.653. The van der Waals surface area contributed by atoms with Gasteiger partial charge in [0.25, 0.3) is 0 Å². The van der Waals surface area contributed by atoms with Crippen LogP contribution in [0.15, 0.2) is 11.6 Å². The lowest BCUT2D eigenvalue weighted by Gasteiger charge is -2.02. The molecule has 0 aliphatic carbocycles. The Bertz CT molecular complexity index is 146. The summed E-state index contributed by atoms with van der Waals surface area (Å²) >= 11 is 5.28. The molecule has 4 nitrogen and oxygen atoms in total. The van der Waals surface area contributed by atoms with Gasteiger partial charge in [-0.05, 0) is 0 Å². The monoisotopic (exact) mass is 180 g/mol. The van der Waals surface area contributed by atoms with E-state index in [2.05, 4.69) is 16.1 Å². The van der Waals surface area contributed by atoms with Gasteiger partial charge >= 0.3 is 6.16 Å². The van der Waals surface area contributed by atoms with Crippen molar-refractivity contribution in [2.24, 2.45) is 0 Å². The van der Waals surface area contributed by atoms with Crippen molar-refractivity contribution < 1.29 is 19.4 Å². The highest BCUT2D eigenvalue weighted by Gasteiger charge is 2.02. The fraction of sp³-hybridized carbons (Fsp3) is 0.500. The zero-order chi connectivity index (χ0) is 8.69. The Morgan fingerprint density at radius 3 is 2.64 bits per heavy atom. The number of hydrogen-bond donors (Lipinski definition) is 1. The van der Waals surface area contributed by atoms with Gasteiger partial charge in [0.15, 0.2) is 0 Å². The van der Waals surface area contributed by atoms with Crippen LogP contribution in [0.4, 0.5) is 4.79 Å². The van der Waals surface area contributed by atoms with Crippen molar-refractivity contribution in [3.8, 4) is 0 Å². The number of halogens is 1. The predicted octanol–water partition coefficient (Wildman–Crippen LogP) is 0.884. The molecule has 0 spiro atoms. The lowest BCUT2D eigenvalue weighted by molar-refractivity contribution is 0.0498. The lowest BCUT2D eigenvalue weighted by atomic mass is 10.7. The van der Waals surface area contributed by atoms with Gasteiger partial charge in [-0.1, -0.05) is 18.2 Å². The van der Waals surface area contributed by atoms with Gasteiger partial charge in [-0.3, -0.25) is 0 Å². The number of ether oxygens (including phenoxy) is 2. The molecule has 0 aromatic carbocycles. The van der Waals surface area contributed by atoms with Crippen LogP contribution in [0.25, 0.3) is 0 Å². The number of aliphatic hydroxyl groups excluding tert-OH is 1. The number of carbonyl (C=O) groups is 1. The fourth-order valence-electron chi connectivity index (χ4n) is 0.308. The highest BCUT2D eigenvalue weighted by molar-refractivity contribution is 6.29. The Morgan fingerprint density at radius 1 is 1.55 bits per heavy atom. The SMILES string of the molecule is C=C(Cl)COC(=O)OCCO. The molecule has 0 aromatic rings. The Balaban J connectivity index is 3.30. The van der Waals surface area contributed by atoms with E-state index in [-0.39, 0.29) is 24.9 Å². The minimum atomic E-state index is -0.860. The third-order valence-corrected chi connectivity index (χ3v) is 0.767. The zero-order valence-electron chi connectivity index (χ0n) is 5.88.